The molecule has 0 spiro atoms. The highest BCUT2D eigenvalue weighted by atomic mass is 32.2. The van der Waals surface area contributed by atoms with E-state index in [-0.39, 0.29) is 17.5 Å². The molecule has 270 valence electrons. The van der Waals surface area contributed by atoms with Gasteiger partial charge in [-0.3, -0.25) is 14.3 Å². The number of carbonyl (C=O) groups is 2. The number of carbonyl (C=O) groups excluding carboxylic acids is 2. The minimum atomic E-state index is -3.84. The van der Waals surface area contributed by atoms with Crippen LogP contribution in [0.4, 0.5) is 0 Å². The topological polar surface area (TPSA) is 125 Å². The van der Waals surface area contributed by atoms with Crippen LogP contribution < -0.4 is 9.46 Å². The molecule has 4 aromatic rings. The van der Waals surface area contributed by atoms with Crippen LogP contribution in [-0.2, 0) is 21.3 Å². The van der Waals surface area contributed by atoms with Gasteiger partial charge in [0.05, 0.1) is 55.3 Å². The molecule has 12 heteroatoms. The van der Waals surface area contributed by atoms with Crippen molar-refractivity contribution in [2.45, 2.75) is 83.6 Å². The summed E-state index contributed by atoms with van der Waals surface area (Å²) in [5.74, 6) is 0.295. The maximum atomic E-state index is 14.2. The van der Waals surface area contributed by atoms with Crippen LogP contribution in [0.15, 0.2) is 42.6 Å². The number of nitrogens with zero attached hydrogens (tertiary/aromatic N) is 4. The fourth-order valence-corrected chi connectivity index (χ4v) is 8.41. The number of nitrogens with one attached hydrogen (secondary N) is 1. The molecular formula is C39H47N5O6S. The number of morpholine rings is 1. The standard InChI is InChI=1S/C39H47N5O6S/c1-24(2)44-36(33(22-40-44)39(46)42-15-17-50-18-16-42)29-19-28-20-30(49-5)12-14-31(28)37-35(26-9-7-6-8-10-26)32-13-11-27(21-34(32)43(37)23-29)38(45)41-51(47,48)25(3)4/h11-14,19-22,24-26H,6-10,15-18,23H2,1-5H3,(H,41,45). The summed E-state index contributed by atoms with van der Waals surface area (Å²) in [6, 6.07) is 11.6. The summed E-state index contributed by atoms with van der Waals surface area (Å²) >= 11 is 0. The van der Waals surface area contributed by atoms with Crippen LogP contribution in [0.1, 0.15) is 109 Å². The molecule has 51 heavy (non-hydrogen) atoms. The highest BCUT2D eigenvalue weighted by Crippen LogP contribution is 2.48. The van der Waals surface area contributed by atoms with E-state index in [1.54, 1.807) is 33.2 Å². The van der Waals surface area contributed by atoms with Crippen molar-refractivity contribution in [3.63, 3.8) is 0 Å². The average Bonchev–Trinajstić information content (AvgIpc) is 3.66. The highest BCUT2D eigenvalue weighted by molar-refractivity contribution is 7.90. The van der Waals surface area contributed by atoms with Gasteiger partial charge >= 0.3 is 0 Å². The predicted octanol–water partition coefficient (Wildman–Crippen LogP) is 6.64. The van der Waals surface area contributed by atoms with E-state index < -0.39 is 21.2 Å². The van der Waals surface area contributed by atoms with Crippen LogP contribution in [0.3, 0.4) is 0 Å². The molecule has 2 aromatic carbocycles. The average molecular weight is 714 g/mol. The summed E-state index contributed by atoms with van der Waals surface area (Å²) in [5, 5.41) is 5.05. The predicted molar refractivity (Wildman–Crippen MR) is 198 cm³/mol. The molecule has 2 amide bonds. The maximum Gasteiger partial charge on any atom is 0.264 e. The van der Waals surface area contributed by atoms with E-state index in [0.717, 1.165) is 70.4 Å². The number of hydrogen-bond acceptors (Lipinski definition) is 7. The molecule has 1 saturated heterocycles. The summed E-state index contributed by atoms with van der Waals surface area (Å²) < 4.78 is 43.2. The zero-order valence-corrected chi connectivity index (χ0v) is 30.9. The third-order valence-electron chi connectivity index (χ3n) is 10.5. The first-order valence-electron chi connectivity index (χ1n) is 18.0. The second-order valence-corrected chi connectivity index (χ2v) is 16.6. The second kappa shape index (κ2) is 14.0. The largest absolute Gasteiger partial charge is 0.497 e. The summed E-state index contributed by atoms with van der Waals surface area (Å²) in [6.45, 7) is 9.61. The third kappa shape index (κ3) is 6.48. The van der Waals surface area contributed by atoms with Crippen LogP contribution in [0.5, 0.6) is 5.75 Å². The van der Waals surface area contributed by atoms with Gasteiger partial charge in [-0.1, -0.05) is 25.3 Å². The Morgan fingerprint density at radius 2 is 1.73 bits per heavy atom. The second-order valence-electron chi connectivity index (χ2n) is 14.4. The number of allylic oxidation sites excluding steroid dienone is 1. The Labute approximate surface area is 299 Å². The SMILES string of the molecule is COc1ccc2c(c1)C=C(c1c(C(=O)N3CCOCC3)cnn1C(C)C)Cn1c-2c(C2CCCCC2)c2ccc(C(=O)NS(=O)(=O)C(C)C)cc21. The lowest BCUT2D eigenvalue weighted by molar-refractivity contribution is 0.0302. The Balaban J connectivity index is 1.47. The molecule has 4 heterocycles. The van der Waals surface area contributed by atoms with Crippen molar-refractivity contribution < 1.29 is 27.5 Å². The van der Waals surface area contributed by atoms with Crippen LogP contribution in [0.25, 0.3) is 33.8 Å². The van der Waals surface area contributed by atoms with E-state index in [0.29, 0.717) is 44.3 Å². The van der Waals surface area contributed by atoms with Crippen molar-refractivity contribution in [3.8, 4) is 17.0 Å². The van der Waals surface area contributed by atoms with Crippen LogP contribution >= 0.6 is 0 Å². The molecule has 7 rings (SSSR count). The van der Waals surface area contributed by atoms with Gasteiger partial charge in [0, 0.05) is 41.2 Å². The van der Waals surface area contributed by atoms with E-state index in [4.69, 9.17) is 14.6 Å². The molecule has 0 atom stereocenters. The number of amides is 2. The monoisotopic (exact) mass is 713 g/mol. The Bertz CT molecular complexity index is 2130. The number of aromatic nitrogens is 3. The van der Waals surface area contributed by atoms with E-state index in [1.165, 1.54) is 12.0 Å². The van der Waals surface area contributed by atoms with Gasteiger partial charge in [0.1, 0.15) is 5.75 Å². The van der Waals surface area contributed by atoms with E-state index in [1.807, 2.05) is 33.8 Å². The molecule has 3 aliphatic rings. The first-order valence-corrected chi connectivity index (χ1v) is 19.6. The molecule has 11 nitrogen and oxygen atoms in total. The van der Waals surface area contributed by atoms with Crippen molar-refractivity contribution in [2.75, 3.05) is 33.4 Å². The number of sulfonamides is 1. The van der Waals surface area contributed by atoms with Crippen LogP contribution in [0.2, 0.25) is 0 Å². The number of rotatable bonds is 8. The first kappa shape index (κ1) is 35.0. The number of ether oxygens (including phenoxy) is 2. The summed E-state index contributed by atoms with van der Waals surface area (Å²) in [7, 11) is -2.18. The Morgan fingerprint density at radius 1 is 0.980 bits per heavy atom. The van der Waals surface area contributed by atoms with Gasteiger partial charge in [0.15, 0.2) is 0 Å². The van der Waals surface area contributed by atoms with Gasteiger partial charge in [0.2, 0.25) is 10.0 Å². The molecule has 2 aliphatic heterocycles. The van der Waals surface area contributed by atoms with Crippen LogP contribution in [0, 0.1) is 0 Å². The minimum absolute atomic E-state index is 0.0305. The van der Waals surface area contributed by atoms with E-state index in [2.05, 4.69) is 35.3 Å². The Kier molecular flexibility index (Phi) is 9.57. The van der Waals surface area contributed by atoms with Gasteiger partial charge in [-0.2, -0.15) is 5.10 Å². The van der Waals surface area contributed by atoms with Gasteiger partial charge in [-0.05, 0) is 99.6 Å². The Hall–Kier alpha value is -4.42. The van der Waals surface area contributed by atoms with E-state index >= 15 is 0 Å². The quantitative estimate of drug-likeness (QED) is 0.217. The van der Waals surface area contributed by atoms with Crippen molar-refractivity contribution in [2.24, 2.45) is 0 Å². The van der Waals surface area contributed by atoms with Crippen molar-refractivity contribution in [1.29, 1.82) is 0 Å². The van der Waals surface area contributed by atoms with Crippen LogP contribution in [-0.4, -0.2) is 78.1 Å². The molecule has 1 aliphatic carbocycles. The lowest BCUT2D eigenvalue weighted by atomic mass is 9.81. The fraction of sp³-hybridized carbons (Fsp3) is 0.462. The van der Waals surface area contributed by atoms with Crippen molar-refractivity contribution in [3.05, 3.63) is 70.5 Å². The number of hydrogen-bond donors (Lipinski definition) is 1. The molecule has 0 unspecified atom stereocenters. The molecule has 0 bridgehead atoms. The number of benzene rings is 2. The first-order chi connectivity index (χ1) is 24.5. The minimum Gasteiger partial charge on any atom is -0.497 e. The lowest BCUT2D eigenvalue weighted by Crippen LogP contribution is -2.41. The summed E-state index contributed by atoms with van der Waals surface area (Å²) in [4.78, 5) is 29.5. The maximum absolute atomic E-state index is 14.2. The molecule has 1 N–H and O–H groups in total. The molecular weight excluding hydrogens is 667 g/mol. The van der Waals surface area contributed by atoms with Gasteiger partial charge in [0.25, 0.3) is 11.8 Å². The highest BCUT2D eigenvalue weighted by Gasteiger charge is 2.33. The van der Waals surface area contributed by atoms with Gasteiger partial charge in [-0.15, -0.1) is 0 Å². The fourth-order valence-electron chi connectivity index (χ4n) is 7.80. The lowest BCUT2D eigenvalue weighted by Gasteiger charge is -2.27. The zero-order chi connectivity index (χ0) is 36.0. The van der Waals surface area contributed by atoms with Gasteiger partial charge < -0.3 is 18.9 Å². The van der Waals surface area contributed by atoms with Crippen molar-refractivity contribution in [1.82, 2.24) is 24.0 Å². The Morgan fingerprint density at radius 3 is 2.41 bits per heavy atom. The summed E-state index contributed by atoms with van der Waals surface area (Å²) in [6.07, 6.45) is 9.45. The molecule has 1 saturated carbocycles. The zero-order valence-electron chi connectivity index (χ0n) is 30.1. The number of methoxy groups -OCH3 is 1. The number of fused-ring (bicyclic) bond motifs is 5. The molecule has 2 fully saturated rings. The smallest absolute Gasteiger partial charge is 0.264 e. The normalized spacial score (nSPS) is 16.9. The molecule has 0 radical (unpaired) electrons. The summed E-state index contributed by atoms with van der Waals surface area (Å²) in [5.41, 5.74) is 7.61. The molecule has 2 aromatic heterocycles. The van der Waals surface area contributed by atoms with Gasteiger partial charge in [-0.25, -0.2) is 13.1 Å². The third-order valence-corrected chi connectivity index (χ3v) is 12.2. The van der Waals surface area contributed by atoms with Crippen molar-refractivity contribution >= 4 is 44.4 Å². The van der Waals surface area contributed by atoms with E-state index in [9.17, 15) is 18.0 Å².